The number of nitro benzene ring substituents is 1. The van der Waals surface area contributed by atoms with Gasteiger partial charge in [-0.2, -0.15) is 5.10 Å². The maximum atomic E-state index is 11.1. The smallest absolute Gasteiger partial charge is 0.270 e. The van der Waals surface area contributed by atoms with E-state index < -0.39 is 4.92 Å². The van der Waals surface area contributed by atoms with E-state index in [1.165, 1.54) is 12.1 Å². The number of hydrazone groups is 1. The first-order valence-electron chi connectivity index (χ1n) is 8.25. The number of nitro groups is 1. The highest BCUT2D eigenvalue weighted by molar-refractivity contribution is 6.31. The van der Waals surface area contributed by atoms with Crippen LogP contribution in [0.25, 0.3) is 0 Å². The molecule has 2 aromatic carbocycles. The van der Waals surface area contributed by atoms with E-state index in [4.69, 9.17) is 16.3 Å². The zero-order valence-corrected chi connectivity index (χ0v) is 14.9. The Morgan fingerprint density at radius 1 is 1.27 bits per heavy atom. The number of benzene rings is 2. The molecule has 0 atom stereocenters. The molecular weight excluding hydrogens is 356 g/mol. The van der Waals surface area contributed by atoms with E-state index in [9.17, 15) is 10.1 Å². The molecule has 1 aliphatic rings. The van der Waals surface area contributed by atoms with Gasteiger partial charge in [-0.3, -0.25) is 10.1 Å². The summed E-state index contributed by atoms with van der Waals surface area (Å²) < 4.78 is 5.37. The number of ether oxygens (including phenoxy) is 1. The van der Waals surface area contributed by atoms with E-state index in [0.717, 1.165) is 24.3 Å². The summed E-state index contributed by atoms with van der Waals surface area (Å²) in [5.41, 5.74) is 5.50. The van der Waals surface area contributed by atoms with Crippen LogP contribution in [0.3, 0.4) is 0 Å². The van der Waals surface area contributed by atoms with Gasteiger partial charge >= 0.3 is 0 Å². The number of hydrogen-bond acceptors (Lipinski definition) is 6. The topological polar surface area (TPSA) is 80.0 Å². The number of nitrogens with zero attached hydrogens (tertiary/aromatic N) is 3. The molecule has 136 valence electrons. The molecule has 0 bridgehead atoms. The van der Waals surface area contributed by atoms with Gasteiger partial charge in [0, 0.05) is 41.5 Å². The van der Waals surface area contributed by atoms with Crippen molar-refractivity contribution in [3.05, 3.63) is 68.7 Å². The van der Waals surface area contributed by atoms with Gasteiger partial charge in [0.15, 0.2) is 0 Å². The molecule has 1 aliphatic heterocycles. The number of morpholine rings is 1. The number of rotatable bonds is 6. The quantitative estimate of drug-likeness (QED) is 0.477. The molecule has 0 saturated carbocycles. The SMILES string of the molecule is O=[N+]([O-])c1ccc(N2CCOCC2)c(/C=N\NCc2ccccc2Cl)c1. The van der Waals surface area contributed by atoms with E-state index in [1.807, 2.05) is 24.3 Å². The Balaban J connectivity index is 1.76. The van der Waals surface area contributed by atoms with Gasteiger partial charge in [-0.1, -0.05) is 29.8 Å². The molecule has 1 N–H and O–H groups in total. The second kappa shape index (κ2) is 8.64. The van der Waals surface area contributed by atoms with Crippen LogP contribution in [0, 0.1) is 10.1 Å². The van der Waals surface area contributed by atoms with Gasteiger partial charge in [0.05, 0.1) is 30.9 Å². The fourth-order valence-electron chi connectivity index (χ4n) is 2.74. The molecule has 7 nitrogen and oxygen atoms in total. The molecule has 0 aliphatic carbocycles. The molecule has 1 fully saturated rings. The van der Waals surface area contributed by atoms with Gasteiger partial charge in [0.1, 0.15) is 0 Å². The Bertz CT molecular complexity index is 807. The lowest BCUT2D eigenvalue weighted by Crippen LogP contribution is -2.36. The van der Waals surface area contributed by atoms with Crippen molar-refractivity contribution in [3.8, 4) is 0 Å². The molecule has 0 aromatic heterocycles. The molecule has 8 heteroatoms. The molecule has 0 spiro atoms. The molecule has 26 heavy (non-hydrogen) atoms. The van der Waals surface area contributed by atoms with Crippen LogP contribution in [0.15, 0.2) is 47.6 Å². The van der Waals surface area contributed by atoms with Crippen LogP contribution in [-0.2, 0) is 11.3 Å². The van der Waals surface area contributed by atoms with Gasteiger partial charge in [0.2, 0.25) is 0 Å². The van der Waals surface area contributed by atoms with Crippen molar-refractivity contribution in [2.45, 2.75) is 6.54 Å². The highest BCUT2D eigenvalue weighted by Gasteiger charge is 2.17. The number of halogens is 1. The fraction of sp³-hybridized carbons (Fsp3) is 0.278. The number of nitrogens with one attached hydrogen (secondary N) is 1. The minimum absolute atomic E-state index is 0.0366. The van der Waals surface area contributed by atoms with Crippen molar-refractivity contribution >= 4 is 29.2 Å². The summed E-state index contributed by atoms with van der Waals surface area (Å²) in [6.07, 6.45) is 1.61. The molecule has 1 heterocycles. The van der Waals surface area contributed by atoms with Crippen LogP contribution in [0.4, 0.5) is 11.4 Å². The first-order valence-corrected chi connectivity index (χ1v) is 8.63. The minimum atomic E-state index is -0.405. The van der Waals surface area contributed by atoms with E-state index in [0.29, 0.717) is 30.3 Å². The Kier molecular flexibility index (Phi) is 6.04. The number of anilines is 1. The van der Waals surface area contributed by atoms with Crippen LogP contribution in [0.5, 0.6) is 0 Å². The summed E-state index contributed by atoms with van der Waals surface area (Å²) in [4.78, 5) is 12.8. The molecule has 0 radical (unpaired) electrons. The maximum Gasteiger partial charge on any atom is 0.270 e. The van der Waals surface area contributed by atoms with Crippen molar-refractivity contribution in [3.63, 3.8) is 0 Å². The molecule has 2 aromatic rings. The van der Waals surface area contributed by atoms with E-state index in [1.54, 1.807) is 12.3 Å². The van der Waals surface area contributed by atoms with Crippen LogP contribution >= 0.6 is 11.6 Å². The summed E-state index contributed by atoms with van der Waals surface area (Å²) in [5.74, 6) is 0. The van der Waals surface area contributed by atoms with Gasteiger partial charge in [0.25, 0.3) is 5.69 Å². The normalized spacial score (nSPS) is 14.6. The Morgan fingerprint density at radius 2 is 2.04 bits per heavy atom. The molecule has 0 amide bonds. The van der Waals surface area contributed by atoms with Gasteiger partial charge in [-0.25, -0.2) is 0 Å². The minimum Gasteiger partial charge on any atom is -0.378 e. The van der Waals surface area contributed by atoms with Crippen LogP contribution < -0.4 is 10.3 Å². The standard InChI is InChI=1S/C18H19ClN4O3/c19-17-4-2-1-3-14(17)12-20-21-13-15-11-16(23(24)25)5-6-18(15)22-7-9-26-10-8-22/h1-6,11,13,20H,7-10,12H2/b21-13-. The van der Waals surface area contributed by atoms with Crippen molar-refractivity contribution < 1.29 is 9.66 Å². The number of hydrogen-bond donors (Lipinski definition) is 1. The third kappa shape index (κ3) is 4.50. The number of non-ortho nitro benzene ring substituents is 1. The predicted molar refractivity (Wildman–Crippen MR) is 102 cm³/mol. The van der Waals surface area contributed by atoms with Crippen molar-refractivity contribution in [1.29, 1.82) is 0 Å². The lowest BCUT2D eigenvalue weighted by atomic mass is 10.1. The zero-order chi connectivity index (χ0) is 18.4. The van der Waals surface area contributed by atoms with Crippen molar-refractivity contribution in [2.75, 3.05) is 31.2 Å². The molecule has 3 rings (SSSR count). The van der Waals surface area contributed by atoms with Gasteiger partial charge in [-0.15, -0.1) is 0 Å². The molecule has 1 saturated heterocycles. The predicted octanol–water partition coefficient (Wildman–Crippen LogP) is 3.21. The summed E-state index contributed by atoms with van der Waals surface area (Å²) >= 11 is 6.12. The largest absolute Gasteiger partial charge is 0.378 e. The average Bonchev–Trinajstić information content (AvgIpc) is 2.67. The van der Waals surface area contributed by atoms with Gasteiger partial charge in [-0.05, 0) is 17.7 Å². The van der Waals surface area contributed by atoms with Crippen molar-refractivity contribution in [1.82, 2.24) is 5.43 Å². The third-order valence-corrected chi connectivity index (χ3v) is 4.46. The first-order chi connectivity index (χ1) is 12.6. The maximum absolute atomic E-state index is 11.1. The zero-order valence-electron chi connectivity index (χ0n) is 14.1. The Hall–Kier alpha value is -2.64. The third-order valence-electron chi connectivity index (χ3n) is 4.10. The lowest BCUT2D eigenvalue weighted by Gasteiger charge is -2.29. The Labute approximate surface area is 156 Å². The summed E-state index contributed by atoms with van der Waals surface area (Å²) in [5, 5.41) is 16.0. The second-order valence-electron chi connectivity index (χ2n) is 5.78. The highest BCUT2D eigenvalue weighted by Crippen LogP contribution is 2.25. The van der Waals surface area contributed by atoms with Crippen LogP contribution in [0.1, 0.15) is 11.1 Å². The molecule has 0 unspecified atom stereocenters. The highest BCUT2D eigenvalue weighted by atomic mass is 35.5. The van der Waals surface area contributed by atoms with Crippen molar-refractivity contribution in [2.24, 2.45) is 5.10 Å². The fourth-order valence-corrected chi connectivity index (χ4v) is 2.94. The lowest BCUT2D eigenvalue weighted by molar-refractivity contribution is -0.384. The first kappa shape index (κ1) is 18.2. The van der Waals surface area contributed by atoms with E-state index in [2.05, 4.69) is 15.4 Å². The Morgan fingerprint density at radius 3 is 2.77 bits per heavy atom. The average molecular weight is 375 g/mol. The van der Waals surface area contributed by atoms with Crippen LogP contribution in [0.2, 0.25) is 5.02 Å². The van der Waals surface area contributed by atoms with E-state index >= 15 is 0 Å². The summed E-state index contributed by atoms with van der Waals surface area (Å²) in [6.45, 7) is 3.23. The van der Waals surface area contributed by atoms with Crippen LogP contribution in [-0.4, -0.2) is 37.4 Å². The molecular formula is C18H19ClN4O3. The van der Waals surface area contributed by atoms with E-state index in [-0.39, 0.29) is 5.69 Å². The summed E-state index contributed by atoms with van der Waals surface area (Å²) in [7, 11) is 0. The second-order valence-corrected chi connectivity index (χ2v) is 6.19. The monoisotopic (exact) mass is 374 g/mol. The van der Waals surface area contributed by atoms with Gasteiger partial charge < -0.3 is 15.1 Å². The summed E-state index contributed by atoms with van der Waals surface area (Å²) in [6, 6.07) is 12.3.